The van der Waals surface area contributed by atoms with E-state index in [2.05, 4.69) is 10.4 Å². The summed E-state index contributed by atoms with van der Waals surface area (Å²) < 4.78 is 39.6. The first-order valence-electron chi connectivity index (χ1n) is 6.36. The minimum absolute atomic E-state index is 0.198. The number of aromatic nitrogens is 2. The summed E-state index contributed by atoms with van der Waals surface area (Å²) in [7, 11) is 1.61. The lowest BCUT2D eigenvalue weighted by Gasteiger charge is -2.20. The van der Waals surface area contributed by atoms with Gasteiger partial charge in [0.1, 0.15) is 0 Å². The van der Waals surface area contributed by atoms with Crippen molar-refractivity contribution in [2.45, 2.75) is 18.6 Å². The fraction of sp³-hybridized carbons (Fsp3) is 0.286. The van der Waals surface area contributed by atoms with Gasteiger partial charge >= 0.3 is 6.18 Å². The third kappa shape index (κ3) is 4.49. The summed E-state index contributed by atoms with van der Waals surface area (Å²) in [6, 6.07) is 4.70. The maximum absolute atomic E-state index is 12.7. The second-order valence-corrected chi connectivity index (χ2v) is 5.24. The first kappa shape index (κ1) is 16.4. The first-order chi connectivity index (χ1) is 10.2. The average molecular weight is 332 g/mol. The van der Waals surface area contributed by atoms with E-state index in [1.165, 1.54) is 41.3 Å². The molecule has 0 saturated carbocycles. The number of rotatable bonds is 4. The Kier molecular flexibility index (Phi) is 4.75. The summed E-state index contributed by atoms with van der Waals surface area (Å²) in [6.07, 6.45) is -2.85. The zero-order valence-corrected chi connectivity index (χ0v) is 12.3. The molecule has 0 spiro atoms. The Morgan fingerprint density at radius 3 is 2.50 bits per heavy atom. The zero-order chi connectivity index (χ0) is 16.3. The van der Waals surface area contributed by atoms with Crippen LogP contribution >= 0.6 is 11.6 Å². The van der Waals surface area contributed by atoms with Gasteiger partial charge in [-0.25, -0.2) is 0 Å². The van der Waals surface area contributed by atoms with Crippen molar-refractivity contribution in [1.82, 2.24) is 15.1 Å². The van der Waals surface area contributed by atoms with E-state index in [0.717, 1.165) is 0 Å². The van der Waals surface area contributed by atoms with Crippen LogP contribution < -0.4 is 5.32 Å². The number of carbonyl (C=O) groups excluding carboxylic acids is 1. The molecule has 0 aliphatic heterocycles. The summed E-state index contributed by atoms with van der Waals surface area (Å²) in [5.41, 5.74) is 0.530. The molecule has 0 aliphatic rings. The zero-order valence-electron chi connectivity index (χ0n) is 11.6. The fourth-order valence-corrected chi connectivity index (χ4v) is 2.08. The summed E-state index contributed by atoms with van der Waals surface area (Å²) in [6.45, 7) is 0. The lowest BCUT2D eigenvalue weighted by atomic mass is 10.0. The van der Waals surface area contributed by atoms with Gasteiger partial charge in [-0.15, -0.1) is 0 Å². The number of hydrogen-bond acceptors (Lipinski definition) is 2. The van der Waals surface area contributed by atoms with Crippen molar-refractivity contribution in [3.63, 3.8) is 0 Å². The van der Waals surface area contributed by atoms with Gasteiger partial charge in [0, 0.05) is 18.3 Å². The summed E-state index contributed by atoms with van der Waals surface area (Å²) in [5.74, 6) is -0.614. The number of amides is 1. The van der Waals surface area contributed by atoms with E-state index in [0.29, 0.717) is 10.6 Å². The molecule has 22 heavy (non-hydrogen) atoms. The predicted octanol–water partition coefficient (Wildman–Crippen LogP) is 3.50. The van der Waals surface area contributed by atoms with E-state index in [4.69, 9.17) is 11.6 Å². The van der Waals surface area contributed by atoms with E-state index < -0.39 is 24.5 Å². The van der Waals surface area contributed by atoms with Gasteiger partial charge in [0.15, 0.2) is 0 Å². The van der Waals surface area contributed by atoms with Gasteiger partial charge in [-0.1, -0.05) is 23.7 Å². The molecule has 1 atom stereocenters. The summed E-state index contributed by atoms with van der Waals surface area (Å²) >= 11 is 5.73. The van der Waals surface area contributed by atoms with Gasteiger partial charge in [-0.3, -0.25) is 9.48 Å². The highest BCUT2D eigenvalue weighted by Crippen LogP contribution is 2.30. The topological polar surface area (TPSA) is 46.9 Å². The Bertz CT molecular complexity index is 652. The minimum atomic E-state index is -4.41. The standard InChI is InChI=1S/C14H13ClF3N3O/c1-21-8-10(7-19-21)13(22)20-12(6-14(16,17)18)9-2-4-11(15)5-3-9/h2-5,7-8,12H,6H2,1H3,(H,20,22)/t12-/m0/s1. The predicted molar refractivity (Wildman–Crippen MR) is 75.5 cm³/mol. The average Bonchev–Trinajstić information content (AvgIpc) is 2.84. The van der Waals surface area contributed by atoms with E-state index in [9.17, 15) is 18.0 Å². The monoisotopic (exact) mass is 331 g/mol. The Hall–Kier alpha value is -2.02. The molecular formula is C14H13ClF3N3O. The number of aryl methyl sites for hydroxylation is 1. The number of nitrogens with one attached hydrogen (secondary N) is 1. The second-order valence-electron chi connectivity index (χ2n) is 4.80. The minimum Gasteiger partial charge on any atom is -0.345 e. The maximum Gasteiger partial charge on any atom is 0.391 e. The molecule has 1 heterocycles. The normalized spacial score (nSPS) is 13.0. The molecular weight excluding hydrogens is 319 g/mol. The molecule has 0 unspecified atom stereocenters. The third-order valence-corrected chi connectivity index (χ3v) is 3.23. The molecule has 0 radical (unpaired) electrons. The molecule has 1 N–H and O–H groups in total. The van der Waals surface area contributed by atoms with Crippen molar-refractivity contribution in [3.05, 3.63) is 52.8 Å². The Balaban J connectivity index is 2.21. The molecule has 0 bridgehead atoms. The van der Waals surface area contributed by atoms with Crippen LogP contribution in [0.3, 0.4) is 0 Å². The van der Waals surface area contributed by atoms with Crippen LogP contribution in [-0.2, 0) is 7.05 Å². The van der Waals surface area contributed by atoms with E-state index in [1.54, 1.807) is 7.05 Å². The van der Waals surface area contributed by atoms with Crippen LogP contribution in [0, 0.1) is 0 Å². The summed E-state index contributed by atoms with van der Waals surface area (Å²) in [4.78, 5) is 12.0. The lowest BCUT2D eigenvalue weighted by molar-refractivity contribution is -0.139. The lowest BCUT2D eigenvalue weighted by Crippen LogP contribution is -2.31. The van der Waals surface area contributed by atoms with Gasteiger partial charge in [0.25, 0.3) is 5.91 Å². The quantitative estimate of drug-likeness (QED) is 0.932. The van der Waals surface area contributed by atoms with E-state index in [-0.39, 0.29) is 5.56 Å². The van der Waals surface area contributed by atoms with Crippen molar-refractivity contribution in [1.29, 1.82) is 0 Å². The molecule has 2 aromatic rings. The van der Waals surface area contributed by atoms with Crippen LogP contribution in [0.15, 0.2) is 36.7 Å². The molecule has 1 amide bonds. The highest BCUT2D eigenvalue weighted by Gasteiger charge is 2.33. The molecule has 8 heteroatoms. The number of benzene rings is 1. The number of alkyl halides is 3. The molecule has 0 fully saturated rings. The van der Waals surface area contributed by atoms with Gasteiger partial charge in [0.2, 0.25) is 0 Å². The Morgan fingerprint density at radius 2 is 2.00 bits per heavy atom. The number of nitrogens with zero attached hydrogens (tertiary/aromatic N) is 2. The van der Waals surface area contributed by atoms with Crippen molar-refractivity contribution < 1.29 is 18.0 Å². The number of carbonyl (C=O) groups is 1. The van der Waals surface area contributed by atoms with Crippen LogP contribution in [0.4, 0.5) is 13.2 Å². The van der Waals surface area contributed by atoms with Gasteiger partial charge < -0.3 is 5.32 Å². The summed E-state index contributed by atoms with van der Waals surface area (Å²) in [5, 5.41) is 6.61. The van der Waals surface area contributed by atoms with Crippen LogP contribution in [0.5, 0.6) is 0 Å². The van der Waals surface area contributed by atoms with Gasteiger partial charge in [-0.05, 0) is 17.7 Å². The highest BCUT2D eigenvalue weighted by atomic mass is 35.5. The van der Waals surface area contributed by atoms with Gasteiger partial charge in [-0.2, -0.15) is 18.3 Å². The maximum atomic E-state index is 12.7. The van der Waals surface area contributed by atoms with E-state index in [1.807, 2.05) is 0 Å². The van der Waals surface area contributed by atoms with Crippen molar-refractivity contribution >= 4 is 17.5 Å². The van der Waals surface area contributed by atoms with Crippen LogP contribution in [-0.4, -0.2) is 21.9 Å². The second kappa shape index (κ2) is 6.39. The molecule has 118 valence electrons. The van der Waals surface area contributed by atoms with Crippen molar-refractivity contribution in [3.8, 4) is 0 Å². The SMILES string of the molecule is Cn1cc(C(=O)N[C@@H](CC(F)(F)F)c2ccc(Cl)cc2)cn1. The van der Waals surface area contributed by atoms with Crippen molar-refractivity contribution in [2.24, 2.45) is 7.05 Å². The van der Waals surface area contributed by atoms with Crippen LogP contribution in [0.25, 0.3) is 0 Å². The first-order valence-corrected chi connectivity index (χ1v) is 6.74. The molecule has 1 aromatic heterocycles. The largest absolute Gasteiger partial charge is 0.391 e. The van der Waals surface area contributed by atoms with Crippen LogP contribution in [0.2, 0.25) is 5.02 Å². The molecule has 2 rings (SSSR count). The highest BCUT2D eigenvalue weighted by molar-refractivity contribution is 6.30. The van der Waals surface area contributed by atoms with E-state index >= 15 is 0 Å². The third-order valence-electron chi connectivity index (χ3n) is 2.98. The molecule has 0 aliphatic carbocycles. The smallest absolute Gasteiger partial charge is 0.345 e. The molecule has 4 nitrogen and oxygen atoms in total. The Labute approximate surface area is 129 Å². The molecule has 1 aromatic carbocycles. The Morgan fingerprint density at radius 1 is 1.36 bits per heavy atom. The van der Waals surface area contributed by atoms with Crippen molar-refractivity contribution in [2.75, 3.05) is 0 Å². The van der Waals surface area contributed by atoms with Crippen LogP contribution in [0.1, 0.15) is 28.4 Å². The number of halogens is 4. The fourth-order valence-electron chi connectivity index (χ4n) is 1.96. The number of hydrogen-bond donors (Lipinski definition) is 1. The molecule has 0 saturated heterocycles. The van der Waals surface area contributed by atoms with Gasteiger partial charge in [0.05, 0.1) is 24.2 Å².